The molecule has 6 heteroatoms. The predicted octanol–water partition coefficient (Wildman–Crippen LogP) is 0.458. The Balaban J connectivity index is 2.15. The molecule has 1 aliphatic carbocycles. The second-order valence-electron chi connectivity index (χ2n) is 5.15. The first-order valence-electron chi connectivity index (χ1n) is 6.60. The van der Waals surface area contributed by atoms with Crippen LogP contribution in [-0.2, 0) is 14.6 Å². The van der Waals surface area contributed by atoms with Gasteiger partial charge >= 0.3 is 0 Å². The maximum absolute atomic E-state index is 11.8. The Hall–Kier alpha value is -0.620. The van der Waals surface area contributed by atoms with Crippen LogP contribution in [0.5, 0.6) is 0 Å². The first kappa shape index (κ1) is 15.4. The highest BCUT2D eigenvalue weighted by Crippen LogP contribution is 2.17. The van der Waals surface area contributed by atoms with E-state index < -0.39 is 9.84 Å². The average Bonchev–Trinajstić information content (AvgIpc) is 2.75. The molecule has 1 atom stereocenters. The number of carbonyl (C=O) groups is 1. The highest BCUT2D eigenvalue weighted by molar-refractivity contribution is 7.90. The van der Waals surface area contributed by atoms with Gasteiger partial charge < -0.3 is 10.6 Å². The van der Waals surface area contributed by atoms with Gasteiger partial charge in [0, 0.05) is 12.3 Å². The van der Waals surface area contributed by atoms with Crippen LogP contribution in [0.4, 0.5) is 0 Å². The van der Waals surface area contributed by atoms with Gasteiger partial charge in [0.05, 0.1) is 11.8 Å². The molecule has 0 radical (unpaired) electrons. The van der Waals surface area contributed by atoms with E-state index in [2.05, 4.69) is 10.6 Å². The molecule has 0 saturated heterocycles. The molecular weight excluding hydrogens is 252 g/mol. The average molecular weight is 276 g/mol. The van der Waals surface area contributed by atoms with Gasteiger partial charge in [0.1, 0.15) is 9.84 Å². The van der Waals surface area contributed by atoms with Gasteiger partial charge in [0.15, 0.2) is 0 Å². The fourth-order valence-electron chi connectivity index (χ4n) is 2.14. The van der Waals surface area contributed by atoms with Crippen molar-refractivity contribution in [1.29, 1.82) is 0 Å². The molecule has 0 aliphatic heterocycles. The molecule has 1 fully saturated rings. The molecule has 106 valence electrons. The normalized spacial score (nSPS) is 18.8. The summed E-state index contributed by atoms with van der Waals surface area (Å²) in [5.41, 5.74) is 0. The Morgan fingerprint density at radius 2 is 1.94 bits per heavy atom. The zero-order chi connectivity index (χ0) is 13.6. The molecule has 0 aromatic rings. The third-order valence-corrected chi connectivity index (χ3v) is 4.27. The number of nitrogens with one attached hydrogen (secondary N) is 2. The summed E-state index contributed by atoms with van der Waals surface area (Å²) in [5.74, 6) is 0.179. The van der Waals surface area contributed by atoms with Gasteiger partial charge in [-0.05, 0) is 32.7 Å². The number of carbonyl (C=O) groups excluding carboxylic acids is 1. The monoisotopic (exact) mass is 276 g/mol. The molecule has 2 N–H and O–H groups in total. The maximum atomic E-state index is 11.8. The summed E-state index contributed by atoms with van der Waals surface area (Å²) in [7, 11) is -2.90. The zero-order valence-electron chi connectivity index (χ0n) is 11.2. The fraction of sp³-hybridized carbons (Fsp3) is 0.917. The Morgan fingerprint density at radius 3 is 2.50 bits per heavy atom. The summed E-state index contributed by atoms with van der Waals surface area (Å²) in [6.45, 7) is 2.36. The van der Waals surface area contributed by atoms with Crippen molar-refractivity contribution in [2.24, 2.45) is 0 Å². The van der Waals surface area contributed by atoms with E-state index in [1.54, 1.807) is 0 Å². The van der Waals surface area contributed by atoms with Crippen LogP contribution in [0.2, 0.25) is 0 Å². The first-order valence-corrected chi connectivity index (χ1v) is 8.66. The van der Waals surface area contributed by atoms with E-state index in [4.69, 9.17) is 0 Å². The van der Waals surface area contributed by atoms with Crippen molar-refractivity contribution in [2.45, 2.75) is 51.1 Å². The number of amides is 1. The topological polar surface area (TPSA) is 75.3 Å². The Bertz CT molecular complexity index is 362. The molecule has 0 bridgehead atoms. The van der Waals surface area contributed by atoms with Crippen molar-refractivity contribution in [1.82, 2.24) is 10.6 Å². The van der Waals surface area contributed by atoms with E-state index in [9.17, 15) is 13.2 Å². The van der Waals surface area contributed by atoms with Crippen LogP contribution < -0.4 is 10.6 Å². The Kier molecular flexibility index (Phi) is 6.08. The second kappa shape index (κ2) is 7.09. The van der Waals surface area contributed by atoms with Crippen LogP contribution in [-0.4, -0.2) is 45.0 Å². The lowest BCUT2D eigenvalue weighted by Crippen LogP contribution is -2.45. The van der Waals surface area contributed by atoms with Gasteiger partial charge in [-0.15, -0.1) is 0 Å². The highest BCUT2D eigenvalue weighted by Gasteiger charge is 2.20. The Labute approximate surface area is 110 Å². The molecule has 18 heavy (non-hydrogen) atoms. The van der Waals surface area contributed by atoms with Crippen LogP contribution in [0.3, 0.4) is 0 Å². The number of hydrogen-bond donors (Lipinski definition) is 2. The van der Waals surface area contributed by atoms with Crippen molar-refractivity contribution >= 4 is 15.7 Å². The third-order valence-electron chi connectivity index (χ3n) is 3.24. The lowest BCUT2D eigenvalue weighted by Gasteiger charge is -2.17. The standard InChI is InChI=1S/C12H24N2O3S/c1-10(13-8-5-9-18(2,16)17)12(15)14-11-6-3-4-7-11/h10-11,13H,3-9H2,1-2H3,(H,14,15). The van der Waals surface area contributed by atoms with Crippen molar-refractivity contribution in [3.63, 3.8) is 0 Å². The third kappa shape index (κ3) is 6.35. The summed E-state index contributed by atoms with van der Waals surface area (Å²) in [6, 6.07) is 0.0722. The summed E-state index contributed by atoms with van der Waals surface area (Å²) < 4.78 is 21.9. The molecule has 1 aliphatic rings. The summed E-state index contributed by atoms with van der Waals surface area (Å²) >= 11 is 0. The maximum Gasteiger partial charge on any atom is 0.237 e. The van der Waals surface area contributed by atoms with E-state index in [1.807, 2.05) is 6.92 Å². The lowest BCUT2D eigenvalue weighted by molar-refractivity contribution is -0.123. The molecule has 1 rings (SSSR count). The van der Waals surface area contributed by atoms with Crippen molar-refractivity contribution in [2.75, 3.05) is 18.6 Å². The minimum Gasteiger partial charge on any atom is -0.352 e. The molecule has 0 aromatic heterocycles. The summed E-state index contributed by atoms with van der Waals surface area (Å²) in [6.07, 6.45) is 6.31. The van der Waals surface area contributed by atoms with Gasteiger partial charge in [-0.25, -0.2) is 8.42 Å². The quantitative estimate of drug-likeness (QED) is 0.662. The molecule has 0 heterocycles. The van der Waals surface area contributed by atoms with Gasteiger partial charge in [-0.2, -0.15) is 0 Å². The van der Waals surface area contributed by atoms with E-state index >= 15 is 0 Å². The van der Waals surface area contributed by atoms with Gasteiger partial charge in [-0.3, -0.25) is 4.79 Å². The Morgan fingerprint density at radius 1 is 1.33 bits per heavy atom. The largest absolute Gasteiger partial charge is 0.352 e. The smallest absolute Gasteiger partial charge is 0.237 e. The van der Waals surface area contributed by atoms with E-state index in [1.165, 1.54) is 19.1 Å². The number of hydrogen-bond acceptors (Lipinski definition) is 4. The van der Waals surface area contributed by atoms with Crippen molar-refractivity contribution < 1.29 is 13.2 Å². The van der Waals surface area contributed by atoms with Crippen LogP contribution in [0.25, 0.3) is 0 Å². The molecule has 0 spiro atoms. The molecule has 0 aromatic carbocycles. The van der Waals surface area contributed by atoms with E-state index in [0.29, 0.717) is 19.0 Å². The highest BCUT2D eigenvalue weighted by atomic mass is 32.2. The van der Waals surface area contributed by atoms with E-state index in [-0.39, 0.29) is 17.7 Å². The van der Waals surface area contributed by atoms with Crippen molar-refractivity contribution in [3.05, 3.63) is 0 Å². The molecule has 1 amide bonds. The van der Waals surface area contributed by atoms with Gasteiger partial charge in [0.2, 0.25) is 5.91 Å². The van der Waals surface area contributed by atoms with Gasteiger partial charge in [-0.1, -0.05) is 12.8 Å². The number of rotatable bonds is 7. The SMILES string of the molecule is CC(NCCCS(C)(=O)=O)C(=O)NC1CCCC1. The fourth-order valence-corrected chi connectivity index (χ4v) is 2.81. The summed E-state index contributed by atoms with van der Waals surface area (Å²) in [4.78, 5) is 11.8. The van der Waals surface area contributed by atoms with Crippen LogP contribution in [0.15, 0.2) is 0 Å². The minimum atomic E-state index is -2.90. The van der Waals surface area contributed by atoms with Crippen LogP contribution in [0, 0.1) is 0 Å². The molecule has 5 nitrogen and oxygen atoms in total. The second-order valence-corrected chi connectivity index (χ2v) is 7.41. The zero-order valence-corrected chi connectivity index (χ0v) is 12.1. The lowest BCUT2D eigenvalue weighted by atomic mass is 10.2. The van der Waals surface area contributed by atoms with Gasteiger partial charge in [0.25, 0.3) is 0 Å². The number of sulfone groups is 1. The predicted molar refractivity (Wildman–Crippen MR) is 72.2 cm³/mol. The first-order chi connectivity index (χ1) is 8.38. The molecule has 1 unspecified atom stereocenters. The van der Waals surface area contributed by atoms with Crippen molar-refractivity contribution in [3.8, 4) is 0 Å². The molecule has 1 saturated carbocycles. The van der Waals surface area contributed by atoms with Crippen LogP contribution in [0.1, 0.15) is 39.0 Å². The minimum absolute atomic E-state index is 0.0151. The van der Waals surface area contributed by atoms with Crippen LogP contribution >= 0.6 is 0 Å². The van der Waals surface area contributed by atoms with E-state index in [0.717, 1.165) is 12.8 Å². The summed E-state index contributed by atoms with van der Waals surface area (Å²) in [5, 5.41) is 6.07. The molecular formula is C12H24N2O3S.